The molecule has 1 unspecified atom stereocenters. The maximum atomic E-state index is 11.8. The smallest absolute Gasteiger partial charge is 0.251 e. The molecule has 2 rings (SSSR count). The standard InChI is InChI=1S/C14H19NO2/c1-4-17-10-5-6-11-12(7-10)14(16)15-8-13(11)9(2)3/h5-7,9,13H,4,8H2,1-3H3,(H,15,16). The summed E-state index contributed by atoms with van der Waals surface area (Å²) in [7, 11) is 0. The van der Waals surface area contributed by atoms with Crippen LogP contribution in [-0.4, -0.2) is 19.1 Å². The Kier molecular flexibility index (Phi) is 3.36. The van der Waals surface area contributed by atoms with E-state index in [-0.39, 0.29) is 5.91 Å². The first-order valence-corrected chi connectivity index (χ1v) is 6.18. The number of carbonyl (C=O) groups excluding carboxylic acids is 1. The van der Waals surface area contributed by atoms with Crippen LogP contribution in [0.1, 0.15) is 42.6 Å². The molecule has 1 aliphatic rings. The molecular weight excluding hydrogens is 214 g/mol. The minimum atomic E-state index is 0.0125. The first-order chi connectivity index (χ1) is 8.13. The van der Waals surface area contributed by atoms with Crippen LogP contribution in [-0.2, 0) is 0 Å². The molecule has 0 radical (unpaired) electrons. The minimum absolute atomic E-state index is 0.0125. The molecule has 0 aliphatic carbocycles. The second-order valence-corrected chi connectivity index (χ2v) is 4.74. The molecule has 1 N–H and O–H groups in total. The lowest BCUT2D eigenvalue weighted by Crippen LogP contribution is -2.36. The molecule has 1 amide bonds. The molecule has 0 saturated carbocycles. The molecule has 3 heteroatoms. The van der Waals surface area contributed by atoms with Gasteiger partial charge in [0.05, 0.1) is 6.61 Å². The third kappa shape index (κ3) is 2.28. The van der Waals surface area contributed by atoms with Gasteiger partial charge in [0.25, 0.3) is 5.91 Å². The van der Waals surface area contributed by atoms with Crippen LogP contribution in [0.4, 0.5) is 0 Å². The molecule has 0 fully saturated rings. The van der Waals surface area contributed by atoms with Crippen LogP contribution in [0.3, 0.4) is 0 Å². The van der Waals surface area contributed by atoms with Crippen molar-refractivity contribution in [2.24, 2.45) is 5.92 Å². The van der Waals surface area contributed by atoms with Crippen molar-refractivity contribution >= 4 is 5.91 Å². The van der Waals surface area contributed by atoms with Crippen LogP contribution in [0, 0.1) is 5.92 Å². The minimum Gasteiger partial charge on any atom is -0.494 e. The number of hydrogen-bond donors (Lipinski definition) is 1. The molecule has 1 aromatic rings. The van der Waals surface area contributed by atoms with Gasteiger partial charge < -0.3 is 10.1 Å². The van der Waals surface area contributed by atoms with E-state index in [9.17, 15) is 4.79 Å². The summed E-state index contributed by atoms with van der Waals surface area (Å²) in [5.41, 5.74) is 1.91. The van der Waals surface area contributed by atoms with Crippen molar-refractivity contribution in [2.45, 2.75) is 26.7 Å². The summed E-state index contributed by atoms with van der Waals surface area (Å²) in [5, 5.41) is 2.94. The van der Waals surface area contributed by atoms with Crippen LogP contribution in [0.25, 0.3) is 0 Å². The number of ether oxygens (including phenoxy) is 1. The van der Waals surface area contributed by atoms with E-state index in [4.69, 9.17) is 4.74 Å². The molecule has 3 nitrogen and oxygen atoms in total. The van der Waals surface area contributed by atoms with Crippen molar-refractivity contribution in [2.75, 3.05) is 13.2 Å². The number of carbonyl (C=O) groups is 1. The van der Waals surface area contributed by atoms with Crippen molar-refractivity contribution in [3.8, 4) is 5.75 Å². The normalized spacial score (nSPS) is 18.8. The highest BCUT2D eigenvalue weighted by Gasteiger charge is 2.27. The number of rotatable bonds is 3. The van der Waals surface area contributed by atoms with E-state index in [0.29, 0.717) is 18.4 Å². The van der Waals surface area contributed by atoms with E-state index in [1.165, 1.54) is 0 Å². The topological polar surface area (TPSA) is 38.3 Å². The Balaban J connectivity index is 2.40. The zero-order valence-electron chi connectivity index (χ0n) is 10.6. The molecule has 0 saturated heterocycles. The van der Waals surface area contributed by atoms with E-state index >= 15 is 0 Å². The van der Waals surface area contributed by atoms with Crippen molar-refractivity contribution in [1.29, 1.82) is 0 Å². The number of hydrogen-bond acceptors (Lipinski definition) is 2. The predicted octanol–water partition coefficient (Wildman–Crippen LogP) is 2.57. The highest BCUT2D eigenvalue weighted by molar-refractivity contribution is 5.97. The van der Waals surface area contributed by atoms with Gasteiger partial charge in [-0.25, -0.2) is 0 Å². The predicted molar refractivity (Wildman–Crippen MR) is 67.5 cm³/mol. The summed E-state index contributed by atoms with van der Waals surface area (Å²) in [6.07, 6.45) is 0. The largest absolute Gasteiger partial charge is 0.494 e. The zero-order chi connectivity index (χ0) is 12.4. The molecule has 1 aliphatic heterocycles. The molecule has 0 bridgehead atoms. The molecule has 92 valence electrons. The van der Waals surface area contributed by atoms with Crippen molar-refractivity contribution in [3.05, 3.63) is 29.3 Å². The van der Waals surface area contributed by atoms with Gasteiger partial charge in [-0.15, -0.1) is 0 Å². The molecule has 0 aromatic heterocycles. The quantitative estimate of drug-likeness (QED) is 0.871. The van der Waals surface area contributed by atoms with Gasteiger partial charge in [0, 0.05) is 18.0 Å². The van der Waals surface area contributed by atoms with Crippen LogP contribution in [0.2, 0.25) is 0 Å². The Morgan fingerprint density at radius 2 is 2.24 bits per heavy atom. The lowest BCUT2D eigenvalue weighted by molar-refractivity contribution is 0.0935. The van der Waals surface area contributed by atoms with Crippen LogP contribution < -0.4 is 10.1 Å². The second-order valence-electron chi connectivity index (χ2n) is 4.74. The Morgan fingerprint density at radius 3 is 2.88 bits per heavy atom. The Morgan fingerprint density at radius 1 is 1.47 bits per heavy atom. The molecule has 0 spiro atoms. The fourth-order valence-electron chi connectivity index (χ4n) is 2.31. The van der Waals surface area contributed by atoms with Gasteiger partial charge >= 0.3 is 0 Å². The van der Waals surface area contributed by atoms with Crippen molar-refractivity contribution in [3.63, 3.8) is 0 Å². The zero-order valence-corrected chi connectivity index (χ0v) is 10.6. The first-order valence-electron chi connectivity index (χ1n) is 6.18. The van der Waals surface area contributed by atoms with Gasteiger partial charge in [0.15, 0.2) is 0 Å². The number of benzene rings is 1. The maximum absolute atomic E-state index is 11.8. The van der Waals surface area contributed by atoms with Gasteiger partial charge in [-0.3, -0.25) is 4.79 Å². The van der Waals surface area contributed by atoms with Crippen molar-refractivity contribution < 1.29 is 9.53 Å². The van der Waals surface area contributed by atoms with Gasteiger partial charge in [0.2, 0.25) is 0 Å². The Bertz CT molecular complexity index is 426. The van der Waals surface area contributed by atoms with Gasteiger partial charge in [-0.05, 0) is 30.5 Å². The molecular formula is C14H19NO2. The fraction of sp³-hybridized carbons (Fsp3) is 0.500. The fourth-order valence-corrected chi connectivity index (χ4v) is 2.31. The number of nitrogens with one attached hydrogen (secondary N) is 1. The Labute approximate surface area is 102 Å². The van der Waals surface area contributed by atoms with Crippen LogP contribution >= 0.6 is 0 Å². The lowest BCUT2D eigenvalue weighted by Gasteiger charge is -2.28. The average Bonchev–Trinajstić information content (AvgIpc) is 2.30. The summed E-state index contributed by atoms with van der Waals surface area (Å²) in [4.78, 5) is 11.8. The van der Waals surface area contributed by atoms with Gasteiger partial charge in [-0.2, -0.15) is 0 Å². The number of amides is 1. The summed E-state index contributed by atoms with van der Waals surface area (Å²) in [6.45, 7) is 7.66. The highest BCUT2D eigenvalue weighted by Crippen LogP contribution is 2.32. The third-order valence-corrected chi connectivity index (χ3v) is 3.27. The SMILES string of the molecule is CCOc1ccc2c(c1)C(=O)NCC2C(C)C. The third-order valence-electron chi connectivity index (χ3n) is 3.27. The second kappa shape index (κ2) is 4.78. The van der Waals surface area contributed by atoms with E-state index in [1.807, 2.05) is 25.1 Å². The summed E-state index contributed by atoms with van der Waals surface area (Å²) in [5.74, 6) is 1.70. The maximum Gasteiger partial charge on any atom is 0.251 e. The molecule has 17 heavy (non-hydrogen) atoms. The van der Waals surface area contributed by atoms with E-state index < -0.39 is 0 Å². The van der Waals surface area contributed by atoms with E-state index in [0.717, 1.165) is 23.4 Å². The van der Waals surface area contributed by atoms with E-state index in [2.05, 4.69) is 19.2 Å². The van der Waals surface area contributed by atoms with E-state index in [1.54, 1.807) is 0 Å². The van der Waals surface area contributed by atoms with Crippen LogP contribution in [0.5, 0.6) is 5.75 Å². The molecule has 1 aromatic carbocycles. The Hall–Kier alpha value is -1.51. The summed E-state index contributed by atoms with van der Waals surface area (Å²) in [6, 6.07) is 5.84. The van der Waals surface area contributed by atoms with Crippen molar-refractivity contribution in [1.82, 2.24) is 5.32 Å². The highest BCUT2D eigenvalue weighted by atomic mass is 16.5. The molecule has 1 atom stereocenters. The first kappa shape index (κ1) is 12.0. The average molecular weight is 233 g/mol. The lowest BCUT2D eigenvalue weighted by atomic mass is 9.83. The van der Waals surface area contributed by atoms with Crippen LogP contribution in [0.15, 0.2) is 18.2 Å². The monoisotopic (exact) mass is 233 g/mol. The van der Waals surface area contributed by atoms with Gasteiger partial charge in [0.1, 0.15) is 5.75 Å². The summed E-state index contributed by atoms with van der Waals surface area (Å²) < 4.78 is 5.44. The molecule has 1 heterocycles. The summed E-state index contributed by atoms with van der Waals surface area (Å²) >= 11 is 0. The number of fused-ring (bicyclic) bond motifs is 1. The van der Waals surface area contributed by atoms with Gasteiger partial charge in [-0.1, -0.05) is 19.9 Å².